The Balaban J connectivity index is 2.00. The van der Waals surface area contributed by atoms with Crippen molar-refractivity contribution in [2.45, 2.75) is 6.42 Å². The summed E-state index contributed by atoms with van der Waals surface area (Å²) in [5, 5.41) is 2.28. The van der Waals surface area contributed by atoms with Crippen LogP contribution in [0.25, 0.3) is 10.8 Å². The Hall–Kier alpha value is -1.87. The molecule has 0 heterocycles. The van der Waals surface area contributed by atoms with E-state index in [4.69, 9.17) is 4.74 Å². The third-order valence-corrected chi connectivity index (χ3v) is 3.24. The van der Waals surface area contributed by atoms with Gasteiger partial charge in [-0.25, -0.2) is 0 Å². The minimum atomic E-state index is -0.158. The van der Waals surface area contributed by atoms with E-state index in [1.165, 1.54) is 0 Å². The molecule has 0 fully saturated rings. The first-order valence-corrected chi connectivity index (χ1v) is 6.88. The van der Waals surface area contributed by atoms with Crippen molar-refractivity contribution in [2.24, 2.45) is 0 Å². The van der Waals surface area contributed by atoms with E-state index in [1.807, 2.05) is 30.3 Å². The van der Waals surface area contributed by atoms with E-state index in [9.17, 15) is 4.79 Å². The minimum absolute atomic E-state index is 0.158. The predicted octanol–water partition coefficient (Wildman–Crippen LogP) is 2.63. The van der Waals surface area contributed by atoms with Gasteiger partial charge in [-0.3, -0.25) is 4.79 Å². The van der Waals surface area contributed by atoms with E-state index in [1.54, 1.807) is 0 Å². The number of ether oxygens (including phenoxy) is 1. The molecular formula is C17H22NO2+. The predicted molar refractivity (Wildman–Crippen MR) is 81.5 cm³/mol. The molecule has 20 heavy (non-hydrogen) atoms. The zero-order valence-corrected chi connectivity index (χ0v) is 12.4. The summed E-state index contributed by atoms with van der Waals surface area (Å²) >= 11 is 0. The second-order valence-corrected chi connectivity index (χ2v) is 6.05. The highest BCUT2D eigenvalue weighted by Crippen LogP contribution is 2.19. The van der Waals surface area contributed by atoms with Gasteiger partial charge in [-0.2, -0.15) is 0 Å². The van der Waals surface area contributed by atoms with Crippen molar-refractivity contribution >= 4 is 16.7 Å². The zero-order chi connectivity index (χ0) is 14.6. The molecule has 0 aromatic heterocycles. The van der Waals surface area contributed by atoms with Gasteiger partial charge in [0.1, 0.15) is 13.2 Å². The van der Waals surface area contributed by atoms with Crippen molar-refractivity contribution in [1.82, 2.24) is 0 Å². The maximum Gasteiger partial charge on any atom is 0.310 e. The van der Waals surface area contributed by atoms with Crippen molar-refractivity contribution in [3.05, 3.63) is 48.0 Å². The number of nitrogens with zero attached hydrogens (tertiary/aromatic N) is 1. The molecule has 2 rings (SSSR count). The fraction of sp³-hybridized carbons (Fsp3) is 0.353. The van der Waals surface area contributed by atoms with Gasteiger partial charge in [-0.05, 0) is 16.3 Å². The van der Waals surface area contributed by atoms with Crippen LogP contribution in [0.5, 0.6) is 0 Å². The fourth-order valence-electron chi connectivity index (χ4n) is 2.09. The fourth-order valence-corrected chi connectivity index (χ4v) is 2.09. The molecule has 0 atom stereocenters. The van der Waals surface area contributed by atoms with E-state index >= 15 is 0 Å². The van der Waals surface area contributed by atoms with Gasteiger partial charge in [-0.15, -0.1) is 0 Å². The maximum absolute atomic E-state index is 11.9. The summed E-state index contributed by atoms with van der Waals surface area (Å²) in [7, 11) is 6.25. The molecule has 3 nitrogen and oxygen atoms in total. The van der Waals surface area contributed by atoms with Gasteiger partial charge in [0.2, 0.25) is 0 Å². The highest BCUT2D eigenvalue weighted by molar-refractivity contribution is 5.88. The Labute approximate surface area is 120 Å². The Bertz CT molecular complexity index is 594. The molecule has 3 heteroatoms. The number of rotatable bonds is 5. The SMILES string of the molecule is C[N+](C)(C)CCOC(=O)Cc1cccc2ccccc12. The number of esters is 1. The summed E-state index contributed by atoms with van der Waals surface area (Å²) in [6.45, 7) is 1.29. The van der Waals surface area contributed by atoms with Crippen molar-refractivity contribution in [3.63, 3.8) is 0 Å². The van der Waals surface area contributed by atoms with Crippen LogP contribution in [0.3, 0.4) is 0 Å². The van der Waals surface area contributed by atoms with Crippen LogP contribution in [0, 0.1) is 0 Å². The summed E-state index contributed by atoms with van der Waals surface area (Å²) in [6, 6.07) is 14.1. The Kier molecular flexibility index (Phi) is 4.40. The molecule has 2 aromatic rings. The van der Waals surface area contributed by atoms with Gasteiger partial charge in [0.15, 0.2) is 0 Å². The highest BCUT2D eigenvalue weighted by Gasteiger charge is 2.11. The first-order valence-electron chi connectivity index (χ1n) is 6.88. The van der Waals surface area contributed by atoms with Gasteiger partial charge in [0.25, 0.3) is 0 Å². The topological polar surface area (TPSA) is 26.3 Å². The largest absolute Gasteiger partial charge is 0.459 e. The molecule has 0 radical (unpaired) electrons. The average molecular weight is 272 g/mol. The van der Waals surface area contributed by atoms with E-state index in [0.29, 0.717) is 13.0 Å². The van der Waals surface area contributed by atoms with Crippen LogP contribution in [-0.4, -0.2) is 44.7 Å². The third kappa shape index (κ3) is 4.07. The number of fused-ring (bicyclic) bond motifs is 1. The number of likely N-dealkylation sites (N-methyl/N-ethyl adjacent to an activating group) is 1. The van der Waals surface area contributed by atoms with Gasteiger partial charge < -0.3 is 9.22 Å². The van der Waals surface area contributed by atoms with Gasteiger partial charge >= 0.3 is 5.97 Å². The normalized spacial score (nSPS) is 11.6. The Morgan fingerprint density at radius 2 is 1.75 bits per heavy atom. The molecule has 0 N–H and O–H groups in total. The summed E-state index contributed by atoms with van der Waals surface area (Å²) < 4.78 is 6.11. The monoisotopic (exact) mass is 272 g/mol. The molecule has 2 aromatic carbocycles. The van der Waals surface area contributed by atoms with Crippen LogP contribution >= 0.6 is 0 Å². The van der Waals surface area contributed by atoms with E-state index < -0.39 is 0 Å². The molecule has 0 aliphatic carbocycles. The number of hydrogen-bond acceptors (Lipinski definition) is 2. The molecule has 106 valence electrons. The standard InChI is InChI=1S/C17H22NO2/c1-18(2,3)11-12-20-17(19)13-15-9-6-8-14-7-4-5-10-16(14)15/h4-10H,11-13H2,1-3H3/q+1. The first-order chi connectivity index (χ1) is 9.46. The Morgan fingerprint density at radius 3 is 2.50 bits per heavy atom. The molecule has 0 saturated carbocycles. The molecule has 0 aliphatic heterocycles. The maximum atomic E-state index is 11.9. The van der Waals surface area contributed by atoms with Crippen LogP contribution < -0.4 is 0 Å². The second-order valence-electron chi connectivity index (χ2n) is 6.05. The first kappa shape index (κ1) is 14.5. The van der Waals surface area contributed by atoms with E-state index in [0.717, 1.165) is 27.4 Å². The minimum Gasteiger partial charge on any atom is -0.459 e. The lowest BCUT2D eigenvalue weighted by Crippen LogP contribution is -2.38. The van der Waals surface area contributed by atoms with Crippen LogP contribution in [0.15, 0.2) is 42.5 Å². The van der Waals surface area contributed by atoms with Gasteiger partial charge in [0.05, 0.1) is 27.6 Å². The van der Waals surface area contributed by atoms with Crippen molar-refractivity contribution in [1.29, 1.82) is 0 Å². The summed E-state index contributed by atoms with van der Waals surface area (Å²) in [5.41, 5.74) is 1.03. The van der Waals surface area contributed by atoms with E-state index in [-0.39, 0.29) is 5.97 Å². The molecule has 0 unspecified atom stereocenters. The third-order valence-electron chi connectivity index (χ3n) is 3.24. The lowest BCUT2D eigenvalue weighted by molar-refractivity contribution is -0.870. The van der Waals surface area contributed by atoms with Crippen LogP contribution in [0.4, 0.5) is 0 Å². The lowest BCUT2D eigenvalue weighted by Gasteiger charge is -2.23. The van der Waals surface area contributed by atoms with Crippen molar-refractivity contribution in [2.75, 3.05) is 34.3 Å². The van der Waals surface area contributed by atoms with Crippen LogP contribution in [-0.2, 0) is 16.0 Å². The van der Waals surface area contributed by atoms with Crippen molar-refractivity contribution in [3.8, 4) is 0 Å². The van der Waals surface area contributed by atoms with Gasteiger partial charge in [0, 0.05) is 0 Å². The number of hydrogen-bond donors (Lipinski definition) is 0. The summed E-state index contributed by atoms with van der Waals surface area (Å²) in [5.74, 6) is -0.158. The zero-order valence-electron chi connectivity index (χ0n) is 12.4. The molecule has 0 saturated heterocycles. The molecule has 0 amide bonds. The van der Waals surface area contributed by atoms with E-state index in [2.05, 4.69) is 33.3 Å². The second kappa shape index (κ2) is 6.06. The number of quaternary nitrogens is 1. The molecule has 0 aliphatic rings. The van der Waals surface area contributed by atoms with Gasteiger partial charge in [-0.1, -0.05) is 42.5 Å². The number of carbonyl (C=O) groups excluding carboxylic acids is 1. The molecule has 0 bridgehead atoms. The number of carbonyl (C=O) groups is 1. The number of benzene rings is 2. The quantitative estimate of drug-likeness (QED) is 0.618. The van der Waals surface area contributed by atoms with Crippen molar-refractivity contribution < 1.29 is 14.0 Å². The molecular weight excluding hydrogens is 250 g/mol. The average Bonchev–Trinajstić information content (AvgIpc) is 2.37. The van der Waals surface area contributed by atoms with Crippen LogP contribution in [0.2, 0.25) is 0 Å². The smallest absolute Gasteiger partial charge is 0.310 e. The summed E-state index contributed by atoms with van der Waals surface area (Å²) in [4.78, 5) is 11.9. The lowest BCUT2D eigenvalue weighted by atomic mass is 10.0. The Morgan fingerprint density at radius 1 is 1.05 bits per heavy atom. The molecule has 0 spiro atoms. The van der Waals surface area contributed by atoms with Crippen LogP contribution in [0.1, 0.15) is 5.56 Å². The highest BCUT2D eigenvalue weighted by atomic mass is 16.5. The summed E-state index contributed by atoms with van der Waals surface area (Å²) in [6.07, 6.45) is 0.332.